The molecule has 0 unspecified atom stereocenters. The molecule has 0 fully saturated rings. The van der Waals surface area contributed by atoms with Crippen LogP contribution < -0.4 is 20.1 Å². The van der Waals surface area contributed by atoms with Gasteiger partial charge in [0.15, 0.2) is 0 Å². The first-order chi connectivity index (χ1) is 20.4. The van der Waals surface area contributed by atoms with Gasteiger partial charge in [-0.25, -0.2) is 0 Å². The van der Waals surface area contributed by atoms with Gasteiger partial charge in [0.25, 0.3) is 0 Å². The van der Waals surface area contributed by atoms with Crippen LogP contribution in [0.2, 0.25) is 5.02 Å². The quantitative estimate of drug-likeness (QED) is 0.124. The van der Waals surface area contributed by atoms with Crippen LogP contribution >= 0.6 is 11.6 Å². The molecule has 5 rings (SSSR count). The molecule has 0 bridgehead atoms. The van der Waals surface area contributed by atoms with Crippen molar-refractivity contribution in [3.05, 3.63) is 117 Å². The molecule has 0 amide bonds. The van der Waals surface area contributed by atoms with E-state index in [9.17, 15) is 0 Å². The van der Waals surface area contributed by atoms with Crippen LogP contribution in [0, 0.1) is 13.8 Å². The van der Waals surface area contributed by atoms with Crippen LogP contribution in [0.25, 0.3) is 22.0 Å². The molecule has 0 spiro atoms. The van der Waals surface area contributed by atoms with Crippen LogP contribution in [0.4, 0.5) is 0 Å². The van der Waals surface area contributed by atoms with Gasteiger partial charge < -0.3 is 25.1 Å². The van der Waals surface area contributed by atoms with Gasteiger partial charge in [0.2, 0.25) is 0 Å². The number of aromatic amines is 1. The third kappa shape index (κ3) is 7.35. The zero-order chi connectivity index (χ0) is 29.5. The number of aromatic nitrogens is 1. The third-order valence-electron chi connectivity index (χ3n) is 7.70. The zero-order valence-electron chi connectivity index (χ0n) is 24.9. The van der Waals surface area contributed by atoms with Gasteiger partial charge in [0.05, 0.1) is 14.2 Å². The molecule has 5 aromatic rings. The van der Waals surface area contributed by atoms with Crippen molar-refractivity contribution in [1.82, 2.24) is 15.6 Å². The van der Waals surface area contributed by atoms with Crippen molar-refractivity contribution in [1.29, 1.82) is 0 Å². The first-order valence-corrected chi connectivity index (χ1v) is 14.9. The molecule has 0 saturated carbocycles. The van der Waals surface area contributed by atoms with E-state index < -0.39 is 0 Å². The van der Waals surface area contributed by atoms with E-state index >= 15 is 0 Å². The van der Waals surface area contributed by atoms with E-state index in [0.29, 0.717) is 0 Å². The van der Waals surface area contributed by atoms with Crippen LogP contribution in [0.3, 0.4) is 0 Å². The summed E-state index contributed by atoms with van der Waals surface area (Å²) in [7, 11) is 3.41. The number of rotatable bonds is 13. The second-order valence-corrected chi connectivity index (χ2v) is 11.3. The minimum Gasteiger partial charge on any atom is -0.496 e. The van der Waals surface area contributed by atoms with Crippen LogP contribution in [0.1, 0.15) is 33.4 Å². The summed E-state index contributed by atoms with van der Waals surface area (Å²) in [6.45, 7) is 7.45. The Balaban J connectivity index is 1.19. The molecule has 1 aromatic heterocycles. The number of fused-ring (bicyclic) bond motifs is 1. The fourth-order valence-electron chi connectivity index (χ4n) is 5.61. The third-order valence-corrected chi connectivity index (χ3v) is 7.92. The van der Waals surface area contributed by atoms with Crippen LogP contribution in [0.5, 0.6) is 11.5 Å². The molecule has 3 N–H and O–H groups in total. The Bertz CT molecular complexity index is 1660. The molecule has 0 aliphatic carbocycles. The van der Waals surface area contributed by atoms with Crippen molar-refractivity contribution in [3.8, 4) is 22.6 Å². The SMILES string of the molecule is COc1cc(CCNCc2cc(Cl)cc(-c3cc(C)cc(CNCCc4c[nH]c5ccccc45)c3)c2)c(OC)cc1C. The Morgan fingerprint density at radius 1 is 0.714 bits per heavy atom. The molecule has 5 nitrogen and oxygen atoms in total. The maximum atomic E-state index is 6.60. The molecular formula is C36H40ClN3O2. The highest BCUT2D eigenvalue weighted by molar-refractivity contribution is 6.31. The van der Waals surface area contributed by atoms with E-state index in [-0.39, 0.29) is 0 Å². The van der Waals surface area contributed by atoms with Gasteiger partial charge in [-0.15, -0.1) is 0 Å². The van der Waals surface area contributed by atoms with Crippen LogP contribution in [-0.4, -0.2) is 32.3 Å². The average Bonchev–Trinajstić information content (AvgIpc) is 3.40. The van der Waals surface area contributed by atoms with Gasteiger partial charge in [-0.2, -0.15) is 0 Å². The first-order valence-electron chi connectivity index (χ1n) is 14.5. The highest BCUT2D eigenvalue weighted by Crippen LogP contribution is 2.29. The molecule has 218 valence electrons. The molecule has 0 aliphatic heterocycles. The van der Waals surface area contributed by atoms with Gasteiger partial charge >= 0.3 is 0 Å². The maximum Gasteiger partial charge on any atom is 0.122 e. The van der Waals surface area contributed by atoms with Crippen molar-refractivity contribution in [2.75, 3.05) is 27.3 Å². The van der Waals surface area contributed by atoms with Crippen molar-refractivity contribution in [2.24, 2.45) is 0 Å². The van der Waals surface area contributed by atoms with E-state index in [1.165, 1.54) is 33.2 Å². The number of aryl methyl sites for hydroxylation is 2. The molecule has 1 heterocycles. The number of nitrogens with one attached hydrogen (secondary N) is 3. The molecule has 0 aliphatic rings. The van der Waals surface area contributed by atoms with Crippen molar-refractivity contribution < 1.29 is 9.47 Å². The summed E-state index contributed by atoms with van der Waals surface area (Å²) in [6, 6.07) is 25.7. The normalized spacial score (nSPS) is 11.3. The van der Waals surface area contributed by atoms with Crippen molar-refractivity contribution in [3.63, 3.8) is 0 Å². The van der Waals surface area contributed by atoms with E-state index in [1.807, 2.05) is 19.1 Å². The van der Waals surface area contributed by atoms with E-state index in [1.54, 1.807) is 14.2 Å². The summed E-state index contributed by atoms with van der Waals surface area (Å²) in [5, 5.41) is 9.25. The first kappa shape index (κ1) is 29.7. The van der Waals surface area contributed by atoms with E-state index in [0.717, 1.165) is 77.8 Å². The summed E-state index contributed by atoms with van der Waals surface area (Å²) < 4.78 is 11.1. The topological polar surface area (TPSA) is 58.3 Å². The lowest BCUT2D eigenvalue weighted by molar-refractivity contribution is 0.396. The van der Waals surface area contributed by atoms with Gasteiger partial charge in [-0.1, -0.05) is 47.5 Å². The lowest BCUT2D eigenvalue weighted by atomic mass is 9.98. The minimum atomic E-state index is 0.729. The zero-order valence-corrected chi connectivity index (χ0v) is 25.7. The summed E-state index contributed by atoms with van der Waals surface area (Å²) in [4.78, 5) is 3.37. The monoisotopic (exact) mass is 581 g/mol. The summed E-state index contributed by atoms with van der Waals surface area (Å²) in [6.07, 6.45) is 3.94. The summed E-state index contributed by atoms with van der Waals surface area (Å²) in [5.41, 5.74) is 10.7. The Morgan fingerprint density at radius 2 is 1.38 bits per heavy atom. The number of benzene rings is 4. The smallest absolute Gasteiger partial charge is 0.122 e. The second kappa shape index (κ2) is 13.9. The Hall–Kier alpha value is -3.77. The van der Waals surface area contributed by atoms with E-state index in [4.69, 9.17) is 21.1 Å². The number of hydrogen-bond acceptors (Lipinski definition) is 4. The number of hydrogen-bond donors (Lipinski definition) is 3. The number of H-pyrrole nitrogens is 1. The number of para-hydroxylation sites is 1. The van der Waals surface area contributed by atoms with Crippen LogP contribution in [-0.2, 0) is 25.9 Å². The molecule has 0 saturated heterocycles. The number of ether oxygens (including phenoxy) is 2. The van der Waals surface area contributed by atoms with Gasteiger partial charge in [-0.3, -0.25) is 0 Å². The largest absolute Gasteiger partial charge is 0.496 e. The maximum absolute atomic E-state index is 6.60. The second-order valence-electron chi connectivity index (χ2n) is 10.9. The van der Waals surface area contributed by atoms with Crippen molar-refractivity contribution >= 4 is 22.5 Å². The predicted molar refractivity (Wildman–Crippen MR) is 175 cm³/mol. The fourth-order valence-corrected chi connectivity index (χ4v) is 5.87. The minimum absolute atomic E-state index is 0.729. The lowest BCUT2D eigenvalue weighted by Crippen LogP contribution is -2.17. The lowest BCUT2D eigenvalue weighted by Gasteiger charge is -2.14. The van der Waals surface area contributed by atoms with Crippen LogP contribution in [0.15, 0.2) is 79.0 Å². The van der Waals surface area contributed by atoms with E-state index in [2.05, 4.69) is 89.4 Å². The summed E-state index contributed by atoms with van der Waals surface area (Å²) >= 11 is 6.60. The summed E-state index contributed by atoms with van der Waals surface area (Å²) in [5.74, 6) is 1.77. The Morgan fingerprint density at radius 3 is 2.12 bits per heavy atom. The Kier molecular flexibility index (Phi) is 9.85. The molecule has 0 radical (unpaired) electrons. The predicted octanol–water partition coefficient (Wildman–Crippen LogP) is 7.79. The number of halogens is 1. The van der Waals surface area contributed by atoms with Crippen molar-refractivity contribution in [2.45, 2.75) is 39.8 Å². The van der Waals surface area contributed by atoms with Gasteiger partial charge in [0.1, 0.15) is 11.5 Å². The molecule has 0 atom stereocenters. The number of methoxy groups -OCH3 is 2. The standard InChI is InChI=1S/C36H40ClN3O2/c1-24-13-26(21-39-12-10-29-23-40-34-8-6-5-7-33(29)34)16-30(14-24)31-17-27(18-32(37)19-31)22-38-11-9-28-20-35(41-3)25(2)15-36(28)42-4/h5-8,13-20,23,38-40H,9-12,21-22H2,1-4H3. The highest BCUT2D eigenvalue weighted by atomic mass is 35.5. The molecule has 4 aromatic carbocycles. The molecule has 6 heteroatoms. The fraction of sp³-hybridized carbons (Fsp3) is 0.278. The van der Waals surface area contributed by atoms with Gasteiger partial charge in [-0.05, 0) is 121 Å². The molecule has 42 heavy (non-hydrogen) atoms. The highest BCUT2D eigenvalue weighted by Gasteiger charge is 2.10. The average molecular weight is 582 g/mol. The Labute approximate surface area is 254 Å². The molecular weight excluding hydrogens is 542 g/mol. The van der Waals surface area contributed by atoms with Gasteiger partial charge in [0, 0.05) is 35.2 Å².